The average molecular weight is 882 g/mol. The fraction of sp³-hybridized carbons (Fsp3) is 0.500. The molecule has 4 fully saturated rings. The van der Waals surface area contributed by atoms with E-state index in [4.69, 9.17) is 28.9 Å². The summed E-state index contributed by atoms with van der Waals surface area (Å²) in [5, 5.41) is 7.10. The van der Waals surface area contributed by atoms with Gasteiger partial charge in [0.1, 0.15) is 11.1 Å². The maximum atomic E-state index is 13.2. The van der Waals surface area contributed by atoms with Gasteiger partial charge < -0.3 is 43.6 Å². The topological polar surface area (TPSA) is 136 Å². The number of amides is 1. The van der Waals surface area contributed by atoms with Crippen LogP contribution in [0.25, 0.3) is 43.7 Å². The maximum Gasteiger partial charge on any atom is 0.408 e. The van der Waals surface area contributed by atoms with Crippen LogP contribution < -0.4 is 15.8 Å². The zero-order valence-electron chi connectivity index (χ0n) is 38.5. The summed E-state index contributed by atoms with van der Waals surface area (Å²) in [7, 11) is 1.79. The van der Waals surface area contributed by atoms with Crippen molar-refractivity contribution in [3.8, 4) is 11.1 Å². The fourth-order valence-electron chi connectivity index (χ4n) is 10.2. The van der Waals surface area contributed by atoms with E-state index in [1.165, 1.54) is 0 Å². The lowest BCUT2D eigenvalue weighted by Gasteiger charge is -2.45. The van der Waals surface area contributed by atoms with Crippen molar-refractivity contribution in [1.29, 1.82) is 0 Å². The first-order valence-corrected chi connectivity index (χ1v) is 23.7. The van der Waals surface area contributed by atoms with E-state index < -0.39 is 11.2 Å². The van der Waals surface area contributed by atoms with Gasteiger partial charge in [0.05, 0.1) is 23.9 Å². The number of aromatic amines is 1. The van der Waals surface area contributed by atoms with Crippen LogP contribution in [-0.4, -0.2) is 99.5 Å². The molecule has 10 rings (SSSR count). The first-order chi connectivity index (χ1) is 31.3. The lowest BCUT2D eigenvalue weighted by Crippen LogP contribution is -2.57. The minimum Gasteiger partial charge on any atom is -0.444 e. The number of aromatic nitrogens is 4. The van der Waals surface area contributed by atoms with Crippen LogP contribution in [0.1, 0.15) is 96.7 Å². The lowest BCUT2D eigenvalue weighted by atomic mass is 9.84. The number of rotatable bonds is 11. The highest BCUT2D eigenvalue weighted by Gasteiger charge is 2.46. The van der Waals surface area contributed by atoms with Crippen molar-refractivity contribution in [3.63, 3.8) is 0 Å². The molecule has 3 saturated heterocycles. The first-order valence-electron chi connectivity index (χ1n) is 23.7. The van der Waals surface area contributed by atoms with Crippen LogP contribution in [0, 0.1) is 0 Å². The minimum atomic E-state index is -1.13. The number of benzene rings is 3. The molecule has 3 aliphatic heterocycles. The van der Waals surface area contributed by atoms with Gasteiger partial charge in [-0.1, -0.05) is 48.5 Å². The summed E-state index contributed by atoms with van der Waals surface area (Å²) >= 11 is 0. The van der Waals surface area contributed by atoms with Crippen molar-refractivity contribution in [1.82, 2.24) is 29.7 Å². The van der Waals surface area contributed by atoms with Gasteiger partial charge in [0, 0.05) is 85.7 Å². The molecular weight excluding hydrogens is 819 g/mol. The summed E-state index contributed by atoms with van der Waals surface area (Å²) < 4.78 is 27.8. The van der Waals surface area contributed by atoms with E-state index in [0.29, 0.717) is 24.1 Å². The number of anilines is 1. The van der Waals surface area contributed by atoms with E-state index >= 15 is 0 Å². The number of hydrogen-bond donors (Lipinski definition) is 2. The van der Waals surface area contributed by atoms with E-state index in [-0.39, 0.29) is 36.2 Å². The highest BCUT2D eigenvalue weighted by Crippen LogP contribution is 2.46. The van der Waals surface area contributed by atoms with Crippen molar-refractivity contribution in [2.45, 2.75) is 121 Å². The minimum absolute atomic E-state index is 0.0334. The van der Waals surface area contributed by atoms with E-state index in [9.17, 15) is 9.59 Å². The van der Waals surface area contributed by atoms with Crippen LogP contribution in [0.3, 0.4) is 0 Å². The Morgan fingerprint density at radius 2 is 1.69 bits per heavy atom. The molecule has 0 bridgehead atoms. The number of fused-ring (bicyclic) bond motifs is 3. The Morgan fingerprint density at radius 1 is 0.908 bits per heavy atom. The molecule has 0 radical (unpaired) electrons. The highest BCUT2D eigenvalue weighted by molar-refractivity contribution is 5.98. The number of aryl methyl sites for hydroxylation is 1. The van der Waals surface area contributed by atoms with Crippen molar-refractivity contribution in [2.75, 3.05) is 44.3 Å². The number of alkyl carbamates (subject to hydrolysis) is 1. The van der Waals surface area contributed by atoms with Gasteiger partial charge in [-0.3, -0.25) is 4.79 Å². The number of nitrogens with zero attached hydrogens (tertiary/aromatic N) is 5. The standard InChI is InChI=1S/C52H63N7O6/c1-50(2,3)65-49(61)56-51(4)23-28-58(29-24-51)36-21-26-59(27-22-36)48-54-43-19-16-35(41-32-57(5)47(60)45-39(41)20-25-53-45)31-40(43)46(55-48)52(64-37-17-18-37,33-63-44-15-8-9-30-62-44)42-14-10-12-34-11-6-7-13-38(34)42/h6-7,10-14,16,19-20,25,31-32,36-37,44,53H,8-9,15,17-18,21-24,26-30,33H2,1-5H3,(H,56,61). The Morgan fingerprint density at radius 3 is 2.45 bits per heavy atom. The Hall–Kier alpha value is -5.34. The zero-order chi connectivity index (χ0) is 44.9. The molecule has 13 nitrogen and oxygen atoms in total. The van der Waals surface area contributed by atoms with E-state index in [0.717, 1.165) is 133 Å². The Labute approximate surface area is 380 Å². The monoisotopic (exact) mass is 881 g/mol. The third kappa shape index (κ3) is 9.00. The Balaban J connectivity index is 1.04. The molecule has 342 valence electrons. The largest absolute Gasteiger partial charge is 0.444 e. The predicted octanol–water partition coefficient (Wildman–Crippen LogP) is 8.94. The van der Waals surface area contributed by atoms with Gasteiger partial charge in [-0.05, 0) is 120 Å². The van der Waals surface area contributed by atoms with Crippen LogP contribution >= 0.6 is 0 Å². The van der Waals surface area contributed by atoms with Crippen molar-refractivity contribution >= 4 is 44.6 Å². The van der Waals surface area contributed by atoms with Crippen LogP contribution in [0.4, 0.5) is 10.7 Å². The number of nitrogens with one attached hydrogen (secondary N) is 2. The Bertz CT molecular complexity index is 2750. The molecule has 2 unspecified atom stereocenters. The third-order valence-electron chi connectivity index (χ3n) is 14.0. The van der Waals surface area contributed by atoms with Gasteiger partial charge in [0.2, 0.25) is 5.95 Å². The molecule has 1 saturated carbocycles. The quantitative estimate of drug-likeness (QED) is 0.130. The van der Waals surface area contributed by atoms with Gasteiger partial charge in [0.15, 0.2) is 11.9 Å². The zero-order valence-corrected chi connectivity index (χ0v) is 38.5. The van der Waals surface area contributed by atoms with Crippen LogP contribution in [0.2, 0.25) is 0 Å². The molecule has 2 N–H and O–H groups in total. The van der Waals surface area contributed by atoms with Crippen LogP contribution in [0.5, 0.6) is 0 Å². The third-order valence-corrected chi connectivity index (χ3v) is 14.0. The Kier molecular flexibility index (Phi) is 11.7. The molecule has 3 aromatic heterocycles. The molecular formula is C52H63N7O6. The molecule has 6 aromatic rings. The van der Waals surface area contributed by atoms with Gasteiger partial charge in [-0.2, -0.15) is 0 Å². The highest BCUT2D eigenvalue weighted by atomic mass is 16.7. The second kappa shape index (κ2) is 17.5. The number of carbonyl (C=O) groups excluding carboxylic acids is 1. The molecule has 6 heterocycles. The second-order valence-electron chi connectivity index (χ2n) is 20.0. The summed E-state index contributed by atoms with van der Waals surface area (Å²) in [5.74, 6) is 0.680. The average Bonchev–Trinajstić information content (AvgIpc) is 3.98. The first kappa shape index (κ1) is 43.5. The summed E-state index contributed by atoms with van der Waals surface area (Å²) in [4.78, 5) is 45.1. The van der Waals surface area contributed by atoms with E-state index in [1.54, 1.807) is 11.6 Å². The molecule has 1 amide bonds. The van der Waals surface area contributed by atoms with Crippen molar-refractivity contribution in [2.24, 2.45) is 7.05 Å². The van der Waals surface area contributed by atoms with Crippen molar-refractivity contribution < 1.29 is 23.7 Å². The summed E-state index contributed by atoms with van der Waals surface area (Å²) in [6.07, 6.45) is 11.6. The van der Waals surface area contributed by atoms with Gasteiger partial charge in [-0.15, -0.1) is 0 Å². The molecule has 1 aliphatic carbocycles. The molecule has 2 atom stereocenters. The molecule has 13 heteroatoms. The van der Waals surface area contributed by atoms with E-state index in [2.05, 4.69) is 87.7 Å². The number of H-pyrrole nitrogens is 1. The number of ether oxygens (including phenoxy) is 4. The lowest BCUT2D eigenvalue weighted by molar-refractivity contribution is -0.197. The number of hydrogen-bond acceptors (Lipinski definition) is 10. The molecule has 65 heavy (non-hydrogen) atoms. The van der Waals surface area contributed by atoms with Gasteiger partial charge in [-0.25, -0.2) is 14.8 Å². The van der Waals surface area contributed by atoms with Crippen LogP contribution in [0.15, 0.2) is 83.9 Å². The number of carbonyl (C=O) groups is 1. The SMILES string of the molecule is Cn1cc(-c2ccc3nc(N4CCC(N5CCC(C)(NC(=O)OC(C)(C)C)CC5)CC4)nc(C(COC4CCCCO4)(OC4CC4)c4cccc5ccccc45)c3c2)c2cc[nH]c2c1=O. The molecule has 0 spiro atoms. The fourth-order valence-corrected chi connectivity index (χ4v) is 10.2. The summed E-state index contributed by atoms with van der Waals surface area (Å²) in [6.45, 7) is 12.1. The normalized spacial score (nSPS) is 20.9. The number of pyridine rings is 1. The van der Waals surface area contributed by atoms with E-state index in [1.807, 2.05) is 39.2 Å². The predicted molar refractivity (Wildman–Crippen MR) is 254 cm³/mol. The molecule has 3 aromatic carbocycles. The summed E-state index contributed by atoms with van der Waals surface area (Å²) in [6, 6.07) is 23.7. The maximum absolute atomic E-state index is 13.2. The molecule has 4 aliphatic rings. The second-order valence-corrected chi connectivity index (χ2v) is 20.0. The number of likely N-dealkylation sites (tertiary alicyclic amines) is 1. The number of piperidine rings is 2. The van der Waals surface area contributed by atoms with Gasteiger partial charge in [0.25, 0.3) is 5.56 Å². The van der Waals surface area contributed by atoms with Gasteiger partial charge >= 0.3 is 6.09 Å². The van der Waals surface area contributed by atoms with Crippen molar-refractivity contribution in [3.05, 3.63) is 101 Å². The van der Waals surface area contributed by atoms with Crippen LogP contribution in [-0.2, 0) is 31.6 Å². The summed E-state index contributed by atoms with van der Waals surface area (Å²) in [5.41, 5.74) is 3.00. The smallest absolute Gasteiger partial charge is 0.408 e.